The number of aryl methyl sites for hydroxylation is 1. The minimum Gasteiger partial charge on any atom is -0.383 e. The first-order valence-corrected chi connectivity index (χ1v) is 9.06. The van der Waals surface area contributed by atoms with Crippen molar-refractivity contribution < 1.29 is 9.53 Å². The highest BCUT2D eigenvalue weighted by Crippen LogP contribution is 2.15. The van der Waals surface area contributed by atoms with Crippen molar-refractivity contribution in [1.82, 2.24) is 20.5 Å². The Morgan fingerprint density at radius 3 is 2.81 bits per heavy atom. The molecule has 0 aliphatic rings. The number of aromatic nitrogens is 1. The second kappa shape index (κ2) is 11.1. The van der Waals surface area contributed by atoms with Crippen LogP contribution in [-0.2, 0) is 16.1 Å². The lowest BCUT2D eigenvalue weighted by Crippen LogP contribution is -2.39. The molecule has 3 N–H and O–H groups in total. The second-order valence-electron chi connectivity index (χ2n) is 5.89. The van der Waals surface area contributed by atoms with E-state index in [1.807, 2.05) is 6.92 Å². The highest BCUT2D eigenvalue weighted by molar-refractivity contribution is 5.84. The summed E-state index contributed by atoms with van der Waals surface area (Å²) < 4.78 is 7.16. The number of methoxy groups -OCH3 is 1. The Kier molecular flexibility index (Phi) is 8.48. The quantitative estimate of drug-likeness (QED) is 0.340. The third kappa shape index (κ3) is 6.40. The molecule has 26 heavy (non-hydrogen) atoms. The molecule has 1 aromatic heterocycles. The van der Waals surface area contributed by atoms with Crippen molar-refractivity contribution in [3.8, 4) is 0 Å². The highest BCUT2D eigenvalue weighted by Gasteiger charge is 2.03. The van der Waals surface area contributed by atoms with Crippen molar-refractivity contribution >= 4 is 22.8 Å². The van der Waals surface area contributed by atoms with Crippen molar-refractivity contribution in [3.63, 3.8) is 0 Å². The van der Waals surface area contributed by atoms with Gasteiger partial charge in [0.05, 0.1) is 6.61 Å². The smallest absolute Gasteiger partial charge is 0.241 e. The molecule has 142 valence electrons. The molecule has 1 aromatic carbocycles. The number of benzene rings is 1. The van der Waals surface area contributed by atoms with E-state index in [2.05, 4.69) is 62.0 Å². The van der Waals surface area contributed by atoms with E-state index in [4.69, 9.17) is 4.74 Å². The number of nitrogens with zero attached hydrogens (tertiary/aromatic N) is 2. The fraction of sp³-hybridized carbons (Fsp3) is 0.474. The van der Waals surface area contributed by atoms with E-state index in [0.717, 1.165) is 26.1 Å². The summed E-state index contributed by atoms with van der Waals surface area (Å²) in [5.41, 5.74) is 1.25. The zero-order valence-corrected chi connectivity index (χ0v) is 15.6. The Bertz CT molecular complexity index is 711. The maximum atomic E-state index is 11.7. The Morgan fingerprint density at radius 2 is 2.00 bits per heavy atom. The first-order chi connectivity index (χ1) is 12.7. The van der Waals surface area contributed by atoms with Gasteiger partial charge in [0, 0.05) is 45.0 Å². The van der Waals surface area contributed by atoms with Gasteiger partial charge in [-0.25, -0.2) is 4.99 Å². The van der Waals surface area contributed by atoms with Gasteiger partial charge >= 0.3 is 0 Å². The van der Waals surface area contributed by atoms with Crippen LogP contribution < -0.4 is 16.0 Å². The topological polar surface area (TPSA) is 79.7 Å². The van der Waals surface area contributed by atoms with Crippen LogP contribution in [-0.4, -0.2) is 56.3 Å². The van der Waals surface area contributed by atoms with Gasteiger partial charge in [-0.15, -0.1) is 0 Å². The molecule has 7 heteroatoms. The van der Waals surface area contributed by atoms with Gasteiger partial charge in [0.1, 0.15) is 6.54 Å². The van der Waals surface area contributed by atoms with Crippen molar-refractivity contribution in [2.45, 2.75) is 19.9 Å². The first kappa shape index (κ1) is 19.8. The van der Waals surface area contributed by atoms with E-state index in [-0.39, 0.29) is 12.5 Å². The zero-order valence-electron chi connectivity index (χ0n) is 15.6. The summed E-state index contributed by atoms with van der Waals surface area (Å²) in [4.78, 5) is 16.0. The zero-order chi connectivity index (χ0) is 18.6. The van der Waals surface area contributed by atoms with E-state index >= 15 is 0 Å². The number of nitrogens with one attached hydrogen (secondary N) is 3. The Balaban J connectivity index is 1.75. The molecule has 0 radical (unpaired) electrons. The Hall–Kier alpha value is -2.54. The van der Waals surface area contributed by atoms with Crippen LogP contribution in [0.5, 0.6) is 0 Å². The van der Waals surface area contributed by atoms with Gasteiger partial charge in [-0.2, -0.15) is 0 Å². The fourth-order valence-corrected chi connectivity index (χ4v) is 2.63. The van der Waals surface area contributed by atoms with Gasteiger partial charge in [-0.05, 0) is 30.9 Å². The standard InChI is InChI=1S/C19H29N5O2/c1-3-20-19(23-15-18(25)21-11-14-26-2)22-10-6-12-24-13-9-16-7-4-5-8-17(16)24/h4-5,7-9,13H,3,6,10-12,14-15H2,1-2H3,(H,21,25)(H2,20,22,23). The predicted molar refractivity (Wildman–Crippen MR) is 105 cm³/mol. The molecule has 0 saturated carbocycles. The second-order valence-corrected chi connectivity index (χ2v) is 5.89. The Labute approximate surface area is 154 Å². The number of carbonyl (C=O) groups is 1. The number of carbonyl (C=O) groups excluding carboxylic acids is 1. The molecular weight excluding hydrogens is 330 g/mol. The molecule has 0 atom stereocenters. The van der Waals surface area contributed by atoms with E-state index in [1.54, 1.807) is 7.11 Å². The minimum absolute atomic E-state index is 0.0985. The largest absolute Gasteiger partial charge is 0.383 e. The first-order valence-electron chi connectivity index (χ1n) is 9.06. The van der Waals surface area contributed by atoms with Gasteiger partial charge in [0.2, 0.25) is 5.91 Å². The van der Waals surface area contributed by atoms with E-state index in [1.165, 1.54) is 10.9 Å². The van der Waals surface area contributed by atoms with E-state index < -0.39 is 0 Å². The lowest BCUT2D eigenvalue weighted by atomic mass is 10.2. The third-order valence-electron chi connectivity index (χ3n) is 3.90. The lowest BCUT2D eigenvalue weighted by Gasteiger charge is -2.12. The van der Waals surface area contributed by atoms with Crippen LogP contribution in [0.25, 0.3) is 10.9 Å². The highest BCUT2D eigenvalue weighted by atomic mass is 16.5. The van der Waals surface area contributed by atoms with Gasteiger partial charge in [0.25, 0.3) is 0 Å². The summed E-state index contributed by atoms with van der Waals surface area (Å²) in [5.74, 6) is 0.546. The van der Waals surface area contributed by atoms with Crippen molar-refractivity contribution in [1.29, 1.82) is 0 Å². The molecule has 0 bridgehead atoms. The minimum atomic E-state index is -0.113. The number of para-hydroxylation sites is 1. The molecule has 1 heterocycles. The predicted octanol–water partition coefficient (Wildman–Crippen LogP) is 1.35. The fourth-order valence-electron chi connectivity index (χ4n) is 2.63. The van der Waals surface area contributed by atoms with Crippen molar-refractivity contribution in [2.24, 2.45) is 4.99 Å². The van der Waals surface area contributed by atoms with Crippen molar-refractivity contribution in [2.75, 3.05) is 39.9 Å². The maximum absolute atomic E-state index is 11.7. The molecule has 2 aromatic rings. The monoisotopic (exact) mass is 359 g/mol. The number of amides is 1. The van der Waals surface area contributed by atoms with Crippen LogP contribution in [0.4, 0.5) is 0 Å². The van der Waals surface area contributed by atoms with Crippen LogP contribution in [0, 0.1) is 0 Å². The SMILES string of the molecule is CCNC(=NCC(=O)NCCOC)NCCCn1ccc2ccccc21. The molecule has 0 aliphatic heterocycles. The summed E-state index contributed by atoms with van der Waals surface area (Å²) >= 11 is 0. The van der Waals surface area contributed by atoms with Gasteiger partial charge in [-0.3, -0.25) is 4.79 Å². The number of ether oxygens (including phenoxy) is 1. The number of hydrogen-bond donors (Lipinski definition) is 3. The number of fused-ring (bicyclic) bond motifs is 1. The average molecular weight is 359 g/mol. The van der Waals surface area contributed by atoms with Crippen LogP contribution in [0.1, 0.15) is 13.3 Å². The molecular formula is C19H29N5O2. The van der Waals surface area contributed by atoms with E-state index in [9.17, 15) is 4.79 Å². The maximum Gasteiger partial charge on any atom is 0.241 e. The van der Waals surface area contributed by atoms with Gasteiger partial charge in [-0.1, -0.05) is 18.2 Å². The average Bonchev–Trinajstić information content (AvgIpc) is 3.06. The normalized spacial score (nSPS) is 11.5. The lowest BCUT2D eigenvalue weighted by molar-refractivity contribution is -0.119. The number of guanidine groups is 1. The Morgan fingerprint density at radius 1 is 1.15 bits per heavy atom. The molecule has 0 spiro atoms. The van der Waals surface area contributed by atoms with Gasteiger partial charge in [0.15, 0.2) is 5.96 Å². The summed E-state index contributed by atoms with van der Waals surface area (Å²) in [7, 11) is 1.61. The molecule has 0 saturated heterocycles. The van der Waals surface area contributed by atoms with Crippen LogP contribution in [0.3, 0.4) is 0 Å². The van der Waals surface area contributed by atoms with Gasteiger partial charge < -0.3 is 25.3 Å². The number of aliphatic imine (C=N–C) groups is 1. The van der Waals surface area contributed by atoms with E-state index in [0.29, 0.717) is 19.1 Å². The van der Waals surface area contributed by atoms with Crippen molar-refractivity contribution in [3.05, 3.63) is 36.5 Å². The molecule has 1 amide bonds. The molecule has 0 fully saturated rings. The van der Waals surface area contributed by atoms with Crippen LogP contribution in [0.2, 0.25) is 0 Å². The third-order valence-corrected chi connectivity index (χ3v) is 3.90. The molecule has 7 nitrogen and oxygen atoms in total. The summed E-state index contributed by atoms with van der Waals surface area (Å²) in [6.07, 6.45) is 3.08. The number of rotatable bonds is 10. The number of hydrogen-bond acceptors (Lipinski definition) is 3. The molecule has 2 rings (SSSR count). The van der Waals surface area contributed by atoms with Crippen LogP contribution >= 0.6 is 0 Å². The summed E-state index contributed by atoms with van der Waals surface area (Å²) in [5, 5.41) is 10.4. The van der Waals surface area contributed by atoms with Crippen LogP contribution in [0.15, 0.2) is 41.5 Å². The molecule has 0 aliphatic carbocycles. The summed E-state index contributed by atoms with van der Waals surface area (Å²) in [6.45, 7) is 5.56. The molecule has 0 unspecified atom stereocenters. The summed E-state index contributed by atoms with van der Waals surface area (Å²) in [6, 6.07) is 10.5.